The van der Waals surface area contributed by atoms with E-state index in [1.165, 1.54) is 32.1 Å². The van der Waals surface area contributed by atoms with Crippen molar-refractivity contribution < 1.29 is 9.21 Å². The molecule has 33 heavy (non-hydrogen) atoms. The van der Waals surface area contributed by atoms with E-state index in [1.54, 1.807) is 31.5 Å². The number of hydrogen-bond acceptors (Lipinski definition) is 6. The van der Waals surface area contributed by atoms with Crippen LogP contribution < -0.4 is 21.9 Å². The molecule has 4 heterocycles. The Morgan fingerprint density at radius 3 is 2.73 bits per heavy atom. The predicted octanol–water partition coefficient (Wildman–Crippen LogP) is 3.51. The number of anilines is 1. The molecule has 5 rings (SSSR count). The average Bonchev–Trinajstić information content (AvgIpc) is 3.37. The molecule has 8 heteroatoms. The van der Waals surface area contributed by atoms with Crippen LogP contribution in [0.15, 0.2) is 39.9 Å². The van der Waals surface area contributed by atoms with Gasteiger partial charge in [0.25, 0.3) is 5.56 Å². The van der Waals surface area contributed by atoms with Crippen molar-refractivity contribution in [1.82, 2.24) is 20.6 Å². The number of nitrogen functional groups attached to an aromatic ring is 1. The number of amides is 1. The molecule has 2 aliphatic rings. The highest BCUT2D eigenvalue weighted by atomic mass is 16.3. The molecule has 1 amide bonds. The quantitative estimate of drug-likeness (QED) is 0.483. The highest BCUT2D eigenvalue weighted by Crippen LogP contribution is 2.29. The Kier molecular flexibility index (Phi) is 7.44. The van der Waals surface area contributed by atoms with Gasteiger partial charge in [-0.1, -0.05) is 19.3 Å². The van der Waals surface area contributed by atoms with Gasteiger partial charge in [-0.2, -0.15) is 0 Å². The molecule has 1 atom stereocenters. The second-order valence-electron chi connectivity index (χ2n) is 8.99. The van der Waals surface area contributed by atoms with Crippen LogP contribution in [-0.2, 0) is 4.79 Å². The Hall–Kier alpha value is -3.13. The summed E-state index contributed by atoms with van der Waals surface area (Å²) in [5.41, 5.74) is 7.60. The van der Waals surface area contributed by atoms with Crippen LogP contribution in [0.4, 0.5) is 5.82 Å². The molecule has 1 aliphatic heterocycles. The number of piperidine rings is 1. The number of aryl methyl sites for hydroxylation is 1. The molecule has 1 aliphatic carbocycles. The molecule has 3 aromatic heterocycles. The number of nitrogens with two attached hydrogens (primary N) is 1. The maximum atomic E-state index is 11.9. The van der Waals surface area contributed by atoms with E-state index in [-0.39, 0.29) is 17.4 Å². The van der Waals surface area contributed by atoms with E-state index in [0.717, 1.165) is 36.9 Å². The number of nitrogens with zero attached hydrogens (tertiary/aromatic N) is 1. The lowest BCUT2D eigenvalue weighted by Gasteiger charge is -2.27. The van der Waals surface area contributed by atoms with Gasteiger partial charge in [0, 0.05) is 35.3 Å². The lowest BCUT2D eigenvalue weighted by Crippen LogP contribution is -2.44. The van der Waals surface area contributed by atoms with Crippen LogP contribution in [0, 0.1) is 12.8 Å². The number of rotatable bonds is 3. The third-order valence-electron chi connectivity index (χ3n) is 6.51. The summed E-state index contributed by atoms with van der Waals surface area (Å²) in [4.78, 5) is 30.4. The minimum absolute atomic E-state index is 0.160. The molecule has 0 spiro atoms. The summed E-state index contributed by atoms with van der Waals surface area (Å²) in [6, 6.07) is 5.90. The molecule has 2 fully saturated rings. The van der Waals surface area contributed by atoms with Gasteiger partial charge in [-0.3, -0.25) is 9.59 Å². The second kappa shape index (κ2) is 10.7. The highest BCUT2D eigenvalue weighted by Gasteiger charge is 2.23. The Morgan fingerprint density at radius 2 is 2.03 bits per heavy atom. The van der Waals surface area contributed by atoms with Crippen LogP contribution in [-0.4, -0.2) is 35.0 Å². The first-order valence-corrected chi connectivity index (χ1v) is 11.9. The fourth-order valence-electron chi connectivity index (χ4n) is 4.59. The number of hydrogen-bond donors (Lipinski definition) is 4. The zero-order chi connectivity index (χ0) is 23.2. The van der Waals surface area contributed by atoms with Crippen LogP contribution in [0.3, 0.4) is 0 Å². The van der Waals surface area contributed by atoms with Crippen molar-refractivity contribution in [2.45, 2.75) is 57.9 Å². The largest absolute Gasteiger partial charge is 0.464 e. The number of pyridine rings is 2. The number of nitrogens with one attached hydrogen (secondary N) is 3. The zero-order valence-electron chi connectivity index (χ0n) is 19.2. The molecule has 0 radical (unpaired) electrons. The van der Waals surface area contributed by atoms with Crippen LogP contribution >= 0.6 is 0 Å². The zero-order valence-corrected chi connectivity index (χ0v) is 19.2. The number of H-pyrrole nitrogens is 1. The van der Waals surface area contributed by atoms with Gasteiger partial charge in [-0.25, -0.2) is 4.98 Å². The van der Waals surface area contributed by atoms with E-state index in [9.17, 15) is 9.59 Å². The smallest absolute Gasteiger partial charge is 0.251 e. The second-order valence-corrected chi connectivity index (χ2v) is 8.99. The van der Waals surface area contributed by atoms with Gasteiger partial charge in [0.15, 0.2) is 0 Å². The molecule has 5 N–H and O–H groups in total. The fraction of sp³-hybridized carbons (Fsp3) is 0.480. The average molecular weight is 452 g/mol. The van der Waals surface area contributed by atoms with Crippen molar-refractivity contribution >= 4 is 22.6 Å². The highest BCUT2D eigenvalue weighted by molar-refractivity contribution is 5.97. The Bertz CT molecular complexity index is 1130. The van der Waals surface area contributed by atoms with Gasteiger partial charge < -0.3 is 25.8 Å². The topological polar surface area (TPSA) is 126 Å². The summed E-state index contributed by atoms with van der Waals surface area (Å²) in [6.45, 7) is 3.70. The first-order valence-electron chi connectivity index (χ1n) is 11.9. The van der Waals surface area contributed by atoms with Gasteiger partial charge in [-0.05, 0) is 57.4 Å². The molecule has 0 aromatic carbocycles. The number of fused-ring (bicyclic) bond motifs is 1. The number of furan rings is 1. The molecule has 176 valence electrons. The molecule has 1 saturated carbocycles. The molecule has 0 unspecified atom stereocenters. The summed E-state index contributed by atoms with van der Waals surface area (Å²) in [7, 11) is 0. The van der Waals surface area contributed by atoms with E-state index >= 15 is 0 Å². The van der Waals surface area contributed by atoms with E-state index in [1.807, 2.05) is 6.07 Å². The van der Waals surface area contributed by atoms with Crippen LogP contribution in [0.2, 0.25) is 0 Å². The van der Waals surface area contributed by atoms with Gasteiger partial charge in [0.05, 0.1) is 17.7 Å². The van der Waals surface area contributed by atoms with E-state index in [4.69, 9.17) is 10.2 Å². The normalized spacial score (nSPS) is 19.0. The third kappa shape index (κ3) is 5.63. The number of aromatic nitrogens is 2. The molecule has 8 nitrogen and oxygen atoms in total. The monoisotopic (exact) mass is 451 g/mol. The van der Waals surface area contributed by atoms with E-state index < -0.39 is 0 Å². The summed E-state index contributed by atoms with van der Waals surface area (Å²) < 4.78 is 5.36. The maximum absolute atomic E-state index is 11.9. The van der Waals surface area contributed by atoms with Crippen molar-refractivity contribution in [2.75, 3.05) is 18.8 Å². The van der Waals surface area contributed by atoms with E-state index in [2.05, 4.69) is 20.6 Å². The van der Waals surface area contributed by atoms with Crippen LogP contribution in [0.1, 0.15) is 50.5 Å². The van der Waals surface area contributed by atoms with Crippen molar-refractivity contribution in [2.24, 2.45) is 5.92 Å². The van der Waals surface area contributed by atoms with Crippen molar-refractivity contribution in [3.8, 4) is 11.3 Å². The molecule has 0 bridgehead atoms. The molecular formula is C25H33N5O3. The molecule has 1 saturated heterocycles. The fourth-order valence-corrected chi connectivity index (χ4v) is 4.59. The first-order chi connectivity index (χ1) is 16.0. The summed E-state index contributed by atoms with van der Waals surface area (Å²) in [5, 5.41) is 7.33. The van der Waals surface area contributed by atoms with Crippen molar-refractivity contribution in [3.63, 3.8) is 0 Å². The predicted molar refractivity (Wildman–Crippen MR) is 130 cm³/mol. The van der Waals surface area contributed by atoms with Crippen LogP contribution in [0.25, 0.3) is 22.2 Å². The first kappa shape index (κ1) is 23.0. The van der Waals surface area contributed by atoms with Crippen LogP contribution in [0.5, 0.6) is 0 Å². The minimum Gasteiger partial charge on any atom is -0.464 e. The number of aromatic amines is 1. The number of carbonyl (C=O) groups excluding carboxylic acids is 1. The SMILES string of the molecule is Cc1cc2c(-c3ccco3)cnc(N)c2[nH]c1=O.O=C(NC1CCCCC1)[C@H]1CCCNC1. The Labute approximate surface area is 193 Å². The van der Waals surface area contributed by atoms with Crippen molar-refractivity contribution in [3.05, 3.63) is 46.6 Å². The van der Waals surface area contributed by atoms with E-state index in [0.29, 0.717) is 28.7 Å². The van der Waals surface area contributed by atoms with Gasteiger partial charge in [-0.15, -0.1) is 0 Å². The van der Waals surface area contributed by atoms with Crippen molar-refractivity contribution in [1.29, 1.82) is 0 Å². The lowest BCUT2D eigenvalue weighted by atomic mass is 9.93. The Balaban J connectivity index is 0.000000160. The number of carbonyl (C=O) groups is 1. The molecular weight excluding hydrogens is 418 g/mol. The molecule has 3 aromatic rings. The third-order valence-corrected chi connectivity index (χ3v) is 6.51. The maximum Gasteiger partial charge on any atom is 0.251 e. The summed E-state index contributed by atoms with van der Waals surface area (Å²) in [5.74, 6) is 1.51. The van der Waals surface area contributed by atoms with Gasteiger partial charge in [0.2, 0.25) is 5.91 Å². The standard InChI is InChI=1S/C13H11N3O2.C12H22N2O/c1-7-5-8-9(10-3-2-4-18-10)6-15-12(14)11(8)16-13(7)17;15-12(10-5-4-8-13-9-10)14-11-6-2-1-3-7-11/h2-6H,1H3,(H2,14,15)(H,16,17);10-11,13H,1-9H2,(H,14,15)/t;10-/m.0/s1. The van der Waals surface area contributed by atoms with Gasteiger partial charge >= 0.3 is 0 Å². The minimum atomic E-state index is -0.160. The van der Waals surface area contributed by atoms with Gasteiger partial charge in [0.1, 0.15) is 11.6 Å². The summed E-state index contributed by atoms with van der Waals surface area (Å²) in [6.07, 6.45) is 11.7. The lowest BCUT2D eigenvalue weighted by molar-refractivity contribution is -0.126. The Morgan fingerprint density at radius 1 is 1.21 bits per heavy atom. The summed E-state index contributed by atoms with van der Waals surface area (Å²) >= 11 is 0.